The molecule has 0 saturated carbocycles. The average Bonchev–Trinajstić information content (AvgIpc) is 2.63. The summed E-state index contributed by atoms with van der Waals surface area (Å²) in [6.07, 6.45) is 1.94. The van der Waals surface area contributed by atoms with Gasteiger partial charge in [0.2, 0.25) is 0 Å². The quantitative estimate of drug-likeness (QED) is 0.491. The molecule has 0 radical (unpaired) electrons. The largest absolute Gasteiger partial charge is 0.366 e. The standard InChI is InChI=1S/C19H19BrClN3O3/c1-12-5-7-23(8-6-12)17-11-16(15(21)10-18(17)24(26)27)22-19(25)13-3-2-4-14(20)9-13/h2-4,9-12H,5-8H2,1H3,(H,22,25). The summed E-state index contributed by atoms with van der Waals surface area (Å²) in [5.41, 5.74) is 1.27. The number of carbonyl (C=O) groups is 1. The van der Waals surface area contributed by atoms with Crippen LogP contribution in [0.2, 0.25) is 5.02 Å². The van der Waals surface area contributed by atoms with Gasteiger partial charge >= 0.3 is 0 Å². The van der Waals surface area contributed by atoms with E-state index in [1.165, 1.54) is 6.07 Å². The first-order chi connectivity index (χ1) is 12.8. The van der Waals surface area contributed by atoms with Gasteiger partial charge in [0.1, 0.15) is 5.69 Å². The van der Waals surface area contributed by atoms with E-state index < -0.39 is 4.92 Å². The van der Waals surface area contributed by atoms with E-state index in [1.54, 1.807) is 24.3 Å². The summed E-state index contributed by atoms with van der Waals surface area (Å²) >= 11 is 9.56. The zero-order valence-electron chi connectivity index (χ0n) is 14.7. The minimum absolute atomic E-state index is 0.0463. The van der Waals surface area contributed by atoms with Crippen molar-refractivity contribution in [1.82, 2.24) is 0 Å². The first-order valence-electron chi connectivity index (χ1n) is 8.65. The predicted molar refractivity (Wildman–Crippen MR) is 111 cm³/mol. The molecule has 0 unspecified atom stereocenters. The van der Waals surface area contributed by atoms with Crippen LogP contribution in [-0.4, -0.2) is 23.9 Å². The lowest BCUT2D eigenvalue weighted by atomic mass is 9.98. The summed E-state index contributed by atoms with van der Waals surface area (Å²) < 4.78 is 0.785. The van der Waals surface area contributed by atoms with Gasteiger partial charge in [-0.15, -0.1) is 0 Å². The minimum Gasteiger partial charge on any atom is -0.366 e. The smallest absolute Gasteiger partial charge is 0.294 e. The van der Waals surface area contributed by atoms with Crippen LogP contribution in [0.4, 0.5) is 17.1 Å². The third-order valence-corrected chi connectivity index (χ3v) is 5.53. The van der Waals surface area contributed by atoms with E-state index in [-0.39, 0.29) is 16.6 Å². The second-order valence-corrected chi connectivity index (χ2v) is 8.03. The molecule has 1 heterocycles. The Morgan fingerprint density at radius 1 is 1.30 bits per heavy atom. The molecule has 0 aliphatic carbocycles. The zero-order chi connectivity index (χ0) is 19.6. The highest BCUT2D eigenvalue weighted by atomic mass is 79.9. The number of hydrogen-bond acceptors (Lipinski definition) is 4. The number of nitro groups is 1. The summed E-state index contributed by atoms with van der Waals surface area (Å²) in [5, 5.41) is 14.4. The molecule has 142 valence electrons. The molecule has 8 heteroatoms. The number of amides is 1. The lowest BCUT2D eigenvalue weighted by Gasteiger charge is -2.32. The fraction of sp³-hybridized carbons (Fsp3) is 0.316. The van der Waals surface area contributed by atoms with Gasteiger partial charge in [-0.1, -0.05) is 40.5 Å². The number of carbonyl (C=O) groups excluding carboxylic acids is 1. The molecule has 1 saturated heterocycles. The van der Waals surface area contributed by atoms with Gasteiger partial charge in [0.05, 0.1) is 15.6 Å². The Morgan fingerprint density at radius 2 is 2.00 bits per heavy atom. The monoisotopic (exact) mass is 451 g/mol. The Bertz CT molecular complexity index is 882. The lowest BCUT2D eigenvalue weighted by molar-refractivity contribution is -0.384. The Hall–Kier alpha value is -2.12. The van der Waals surface area contributed by atoms with Gasteiger partial charge in [0, 0.05) is 29.2 Å². The molecular weight excluding hydrogens is 434 g/mol. The van der Waals surface area contributed by atoms with Gasteiger partial charge in [0.25, 0.3) is 11.6 Å². The first kappa shape index (κ1) is 19.6. The molecule has 3 rings (SSSR count). The summed E-state index contributed by atoms with van der Waals surface area (Å²) in [6, 6.07) is 9.88. The van der Waals surface area contributed by atoms with Gasteiger partial charge in [-0.2, -0.15) is 0 Å². The van der Waals surface area contributed by atoms with Crippen LogP contribution < -0.4 is 10.2 Å². The van der Waals surface area contributed by atoms with Crippen molar-refractivity contribution in [3.8, 4) is 0 Å². The molecule has 2 aromatic carbocycles. The fourth-order valence-corrected chi connectivity index (χ4v) is 3.72. The third kappa shape index (κ3) is 4.59. The van der Waals surface area contributed by atoms with Crippen LogP contribution in [-0.2, 0) is 0 Å². The van der Waals surface area contributed by atoms with Crippen LogP contribution in [0.1, 0.15) is 30.1 Å². The normalized spacial score (nSPS) is 14.9. The molecule has 1 aliphatic heterocycles. The molecule has 0 spiro atoms. The number of rotatable bonds is 4. The van der Waals surface area contributed by atoms with Gasteiger partial charge in [0.15, 0.2) is 0 Å². The van der Waals surface area contributed by atoms with Crippen molar-refractivity contribution in [2.45, 2.75) is 19.8 Å². The van der Waals surface area contributed by atoms with Crippen LogP contribution in [0, 0.1) is 16.0 Å². The van der Waals surface area contributed by atoms with Gasteiger partial charge in [-0.3, -0.25) is 14.9 Å². The van der Waals surface area contributed by atoms with Crippen LogP contribution in [0.15, 0.2) is 40.9 Å². The molecule has 1 fully saturated rings. The zero-order valence-corrected chi connectivity index (χ0v) is 17.1. The molecule has 0 aromatic heterocycles. The first-order valence-corrected chi connectivity index (χ1v) is 9.82. The highest BCUT2D eigenvalue weighted by molar-refractivity contribution is 9.10. The van der Waals surface area contributed by atoms with Crippen LogP contribution >= 0.6 is 27.5 Å². The summed E-state index contributed by atoms with van der Waals surface area (Å²) in [7, 11) is 0. The number of hydrogen-bond donors (Lipinski definition) is 1. The molecule has 1 aliphatic rings. The highest BCUT2D eigenvalue weighted by Crippen LogP contribution is 2.38. The van der Waals surface area contributed by atoms with E-state index in [9.17, 15) is 14.9 Å². The van der Waals surface area contributed by atoms with Gasteiger partial charge < -0.3 is 10.2 Å². The predicted octanol–water partition coefficient (Wildman–Crippen LogP) is 5.50. The number of nitrogens with zero attached hydrogens (tertiary/aromatic N) is 2. The van der Waals surface area contributed by atoms with Gasteiger partial charge in [-0.25, -0.2) is 0 Å². The van der Waals surface area contributed by atoms with Crippen molar-refractivity contribution in [1.29, 1.82) is 0 Å². The van der Waals surface area contributed by atoms with E-state index in [0.717, 1.165) is 30.4 Å². The lowest BCUT2D eigenvalue weighted by Crippen LogP contribution is -2.33. The number of nitro benzene ring substituents is 1. The highest BCUT2D eigenvalue weighted by Gasteiger charge is 2.25. The van der Waals surface area contributed by atoms with E-state index in [1.807, 2.05) is 11.0 Å². The fourth-order valence-electron chi connectivity index (χ4n) is 3.12. The minimum atomic E-state index is -0.431. The molecule has 0 bridgehead atoms. The Labute approximate surface area is 170 Å². The number of piperidine rings is 1. The molecular formula is C19H19BrClN3O3. The second-order valence-electron chi connectivity index (χ2n) is 6.71. The maximum absolute atomic E-state index is 12.5. The molecule has 1 amide bonds. The van der Waals surface area contributed by atoms with Crippen molar-refractivity contribution < 1.29 is 9.72 Å². The van der Waals surface area contributed by atoms with Crippen molar-refractivity contribution >= 4 is 50.5 Å². The second kappa shape index (κ2) is 8.27. The number of anilines is 2. The van der Waals surface area contributed by atoms with Crippen molar-refractivity contribution in [2.75, 3.05) is 23.3 Å². The Morgan fingerprint density at radius 3 is 2.63 bits per heavy atom. The SMILES string of the molecule is CC1CCN(c2cc(NC(=O)c3cccc(Br)c3)c(Cl)cc2[N+](=O)[O-])CC1. The van der Waals surface area contributed by atoms with E-state index in [4.69, 9.17) is 11.6 Å². The molecule has 27 heavy (non-hydrogen) atoms. The number of nitrogens with one attached hydrogen (secondary N) is 1. The molecule has 2 aromatic rings. The summed E-state index contributed by atoms with van der Waals surface area (Å²) in [5.74, 6) is 0.272. The Kier molecular flexibility index (Phi) is 6.01. The number of halogens is 2. The summed E-state index contributed by atoms with van der Waals surface area (Å²) in [6.45, 7) is 3.66. The topological polar surface area (TPSA) is 75.5 Å². The molecule has 6 nitrogen and oxygen atoms in total. The Balaban J connectivity index is 1.92. The number of benzene rings is 2. The third-order valence-electron chi connectivity index (χ3n) is 4.72. The van der Waals surface area contributed by atoms with E-state index >= 15 is 0 Å². The van der Waals surface area contributed by atoms with E-state index in [0.29, 0.717) is 22.9 Å². The average molecular weight is 453 g/mol. The van der Waals surface area contributed by atoms with Crippen molar-refractivity contribution in [2.24, 2.45) is 5.92 Å². The van der Waals surface area contributed by atoms with Crippen LogP contribution in [0.3, 0.4) is 0 Å². The molecule has 1 N–H and O–H groups in total. The van der Waals surface area contributed by atoms with Gasteiger partial charge in [-0.05, 0) is 43.0 Å². The molecule has 0 atom stereocenters. The van der Waals surface area contributed by atoms with E-state index in [2.05, 4.69) is 28.2 Å². The maximum atomic E-state index is 12.5. The van der Waals surface area contributed by atoms with Crippen LogP contribution in [0.5, 0.6) is 0 Å². The van der Waals surface area contributed by atoms with Crippen molar-refractivity contribution in [3.05, 3.63) is 61.6 Å². The summed E-state index contributed by atoms with van der Waals surface area (Å²) in [4.78, 5) is 25.6. The maximum Gasteiger partial charge on any atom is 0.294 e. The van der Waals surface area contributed by atoms with Crippen LogP contribution in [0.25, 0.3) is 0 Å². The van der Waals surface area contributed by atoms with Crippen molar-refractivity contribution in [3.63, 3.8) is 0 Å².